The highest BCUT2D eigenvalue weighted by atomic mass is 35.5. The van der Waals surface area contributed by atoms with Crippen LogP contribution in [0, 0.1) is 5.92 Å². The van der Waals surface area contributed by atoms with Gasteiger partial charge in [-0.15, -0.1) is 0 Å². The van der Waals surface area contributed by atoms with E-state index in [1.54, 1.807) is 4.90 Å². The molecule has 114 valence electrons. The summed E-state index contributed by atoms with van der Waals surface area (Å²) in [6, 6.07) is 7.54. The van der Waals surface area contributed by atoms with Gasteiger partial charge < -0.3 is 4.74 Å². The number of carbonyl (C=O) groups excluding carboxylic acids is 1. The van der Waals surface area contributed by atoms with Crippen LogP contribution in [0.2, 0.25) is 5.02 Å². The van der Waals surface area contributed by atoms with Gasteiger partial charge in [0.1, 0.15) is 5.60 Å². The molecule has 0 aromatic heterocycles. The van der Waals surface area contributed by atoms with Gasteiger partial charge in [-0.05, 0) is 50.8 Å². The lowest BCUT2D eigenvalue weighted by Gasteiger charge is -2.33. The molecule has 0 saturated heterocycles. The number of benzene rings is 1. The third-order valence-corrected chi connectivity index (χ3v) is 3.50. The predicted octanol–water partition coefficient (Wildman–Crippen LogP) is 4.96. The summed E-state index contributed by atoms with van der Waals surface area (Å²) < 4.78 is 5.52. The van der Waals surface area contributed by atoms with Crippen LogP contribution in [0.1, 0.15) is 39.7 Å². The molecule has 4 heteroatoms. The largest absolute Gasteiger partial charge is 0.443 e. The van der Waals surface area contributed by atoms with Gasteiger partial charge in [-0.2, -0.15) is 0 Å². The Balaban J connectivity index is 2.28. The van der Waals surface area contributed by atoms with Crippen molar-refractivity contribution in [3.8, 4) is 0 Å². The molecule has 1 aliphatic heterocycles. The monoisotopic (exact) mass is 307 g/mol. The fourth-order valence-electron chi connectivity index (χ4n) is 2.29. The molecule has 1 aliphatic rings. The van der Waals surface area contributed by atoms with E-state index in [1.807, 2.05) is 45.0 Å². The maximum absolute atomic E-state index is 12.4. The molecule has 3 nitrogen and oxygen atoms in total. The predicted molar refractivity (Wildman–Crippen MR) is 86.2 cm³/mol. The number of hydrogen-bond donors (Lipinski definition) is 0. The number of allylic oxidation sites excluding steroid dienone is 1. The van der Waals surface area contributed by atoms with Gasteiger partial charge in [0.2, 0.25) is 0 Å². The Bertz CT molecular complexity index is 543. The molecule has 0 bridgehead atoms. The maximum Gasteiger partial charge on any atom is 0.414 e. The third-order valence-electron chi connectivity index (χ3n) is 3.25. The highest BCUT2D eigenvalue weighted by Crippen LogP contribution is 2.29. The van der Waals surface area contributed by atoms with Crippen molar-refractivity contribution in [1.29, 1.82) is 0 Å². The highest BCUT2D eigenvalue weighted by molar-refractivity contribution is 6.30. The van der Waals surface area contributed by atoms with Crippen LogP contribution in [0.25, 0.3) is 5.70 Å². The third kappa shape index (κ3) is 4.24. The van der Waals surface area contributed by atoms with Gasteiger partial charge in [0, 0.05) is 11.6 Å². The number of amides is 1. The summed E-state index contributed by atoms with van der Waals surface area (Å²) in [6.45, 7) is 8.44. The van der Waals surface area contributed by atoms with Gasteiger partial charge in [0.05, 0.1) is 5.70 Å². The van der Waals surface area contributed by atoms with Crippen LogP contribution < -0.4 is 0 Å². The van der Waals surface area contributed by atoms with Gasteiger partial charge in [0.15, 0.2) is 0 Å². The second-order valence-corrected chi connectivity index (χ2v) is 6.96. The molecule has 2 rings (SSSR count). The summed E-state index contributed by atoms with van der Waals surface area (Å²) >= 11 is 5.94. The Morgan fingerprint density at radius 1 is 1.29 bits per heavy atom. The summed E-state index contributed by atoms with van der Waals surface area (Å²) in [7, 11) is 0. The molecular weight excluding hydrogens is 286 g/mol. The average Bonchev–Trinajstić information content (AvgIpc) is 2.38. The zero-order valence-corrected chi connectivity index (χ0v) is 13.8. The Morgan fingerprint density at radius 3 is 2.48 bits per heavy atom. The second kappa shape index (κ2) is 6.10. The van der Waals surface area contributed by atoms with E-state index in [9.17, 15) is 4.79 Å². The minimum absolute atomic E-state index is 0.296. The Hall–Kier alpha value is -1.48. The SMILES string of the molecule is CC1CC=C(c2ccc(Cl)cc2)N(C(=O)OC(C)(C)C)C1. The van der Waals surface area contributed by atoms with E-state index >= 15 is 0 Å². The van der Waals surface area contributed by atoms with Crippen LogP contribution >= 0.6 is 11.6 Å². The Kier molecular flexibility index (Phi) is 4.62. The van der Waals surface area contributed by atoms with E-state index in [0.717, 1.165) is 17.7 Å². The molecule has 0 fully saturated rings. The second-order valence-electron chi connectivity index (χ2n) is 6.53. The minimum Gasteiger partial charge on any atom is -0.443 e. The fourth-order valence-corrected chi connectivity index (χ4v) is 2.42. The average molecular weight is 308 g/mol. The zero-order valence-electron chi connectivity index (χ0n) is 13.0. The lowest BCUT2D eigenvalue weighted by Crippen LogP contribution is -2.39. The Labute approximate surface area is 131 Å². The van der Waals surface area contributed by atoms with E-state index < -0.39 is 5.60 Å². The summed E-state index contributed by atoms with van der Waals surface area (Å²) in [5.41, 5.74) is 1.39. The number of nitrogens with zero attached hydrogens (tertiary/aromatic N) is 1. The van der Waals surface area contributed by atoms with Crippen molar-refractivity contribution in [2.24, 2.45) is 5.92 Å². The van der Waals surface area contributed by atoms with Gasteiger partial charge >= 0.3 is 6.09 Å². The molecule has 1 unspecified atom stereocenters. The Morgan fingerprint density at radius 2 is 1.90 bits per heavy atom. The van der Waals surface area contributed by atoms with E-state index in [4.69, 9.17) is 16.3 Å². The van der Waals surface area contributed by atoms with Crippen LogP contribution in [0.5, 0.6) is 0 Å². The topological polar surface area (TPSA) is 29.5 Å². The molecule has 0 radical (unpaired) electrons. The van der Waals surface area contributed by atoms with Gasteiger partial charge in [-0.3, -0.25) is 4.90 Å². The fraction of sp³-hybridized carbons (Fsp3) is 0.471. The van der Waals surface area contributed by atoms with Crippen molar-refractivity contribution in [3.63, 3.8) is 0 Å². The minimum atomic E-state index is -0.497. The van der Waals surface area contributed by atoms with Crippen molar-refractivity contribution < 1.29 is 9.53 Å². The van der Waals surface area contributed by atoms with E-state index in [-0.39, 0.29) is 6.09 Å². The maximum atomic E-state index is 12.4. The molecule has 1 atom stereocenters. The van der Waals surface area contributed by atoms with Crippen LogP contribution in [-0.2, 0) is 4.74 Å². The normalized spacial score (nSPS) is 19.2. The number of ether oxygens (including phenoxy) is 1. The van der Waals surface area contributed by atoms with Crippen molar-refractivity contribution >= 4 is 23.4 Å². The van der Waals surface area contributed by atoms with Crippen LogP contribution in [-0.4, -0.2) is 23.1 Å². The van der Waals surface area contributed by atoms with Crippen LogP contribution in [0.3, 0.4) is 0 Å². The van der Waals surface area contributed by atoms with Gasteiger partial charge in [-0.1, -0.05) is 36.7 Å². The number of rotatable bonds is 1. The molecule has 1 aromatic rings. The van der Waals surface area contributed by atoms with Crippen LogP contribution in [0.15, 0.2) is 30.3 Å². The lowest BCUT2D eigenvalue weighted by atomic mass is 9.98. The number of halogens is 1. The molecule has 0 N–H and O–H groups in total. The summed E-state index contributed by atoms with van der Waals surface area (Å²) in [5, 5.41) is 0.687. The molecule has 0 aliphatic carbocycles. The molecule has 1 aromatic carbocycles. The summed E-state index contributed by atoms with van der Waals surface area (Å²) in [5.74, 6) is 0.425. The summed E-state index contributed by atoms with van der Waals surface area (Å²) in [4.78, 5) is 14.2. The number of hydrogen-bond acceptors (Lipinski definition) is 2. The first-order valence-corrected chi connectivity index (χ1v) is 7.60. The molecule has 1 heterocycles. The van der Waals surface area contributed by atoms with Crippen molar-refractivity contribution in [2.75, 3.05) is 6.54 Å². The van der Waals surface area contributed by atoms with Gasteiger partial charge in [0.25, 0.3) is 0 Å². The van der Waals surface area contributed by atoms with Gasteiger partial charge in [-0.25, -0.2) is 4.79 Å². The molecule has 0 spiro atoms. The first-order chi connectivity index (χ1) is 9.76. The van der Waals surface area contributed by atoms with E-state index in [1.165, 1.54) is 0 Å². The first kappa shape index (κ1) is 15.9. The molecular formula is C17H22ClNO2. The first-order valence-electron chi connectivity index (χ1n) is 7.23. The smallest absolute Gasteiger partial charge is 0.414 e. The van der Waals surface area contributed by atoms with E-state index in [0.29, 0.717) is 17.5 Å². The molecule has 0 saturated carbocycles. The van der Waals surface area contributed by atoms with Crippen molar-refractivity contribution in [3.05, 3.63) is 40.9 Å². The standard InChI is InChI=1S/C17H22ClNO2/c1-12-5-10-15(13-6-8-14(18)9-7-13)19(11-12)16(20)21-17(2,3)4/h6-10,12H,5,11H2,1-4H3. The molecule has 1 amide bonds. The highest BCUT2D eigenvalue weighted by Gasteiger charge is 2.29. The molecule has 21 heavy (non-hydrogen) atoms. The summed E-state index contributed by atoms with van der Waals surface area (Å²) in [6.07, 6.45) is 2.76. The zero-order chi connectivity index (χ0) is 15.6. The quantitative estimate of drug-likeness (QED) is 0.734. The number of carbonyl (C=O) groups is 1. The van der Waals surface area contributed by atoms with Crippen molar-refractivity contribution in [1.82, 2.24) is 4.90 Å². The lowest BCUT2D eigenvalue weighted by molar-refractivity contribution is 0.0327. The van der Waals surface area contributed by atoms with Crippen LogP contribution in [0.4, 0.5) is 4.79 Å². The van der Waals surface area contributed by atoms with Crippen molar-refractivity contribution in [2.45, 2.75) is 39.7 Å². The van der Waals surface area contributed by atoms with E-state index in [2.05, 4.69) is 13.0 Å².